The maximum Gasteiger partial charge on any atom is 0.179 e. The van der Waals surface area contributed by atoms with Crippen molar-refractivity contribution >= 4 is 17.4 Å². The average molecular weight is 302 g/mol. The molecule has 0 fully saturated rings. The molecule has 0 spiro atoms. The number of carbonyl (C=O) groups excluding carboxylic acids is 1. The molecule has 1 aromatic carbocycles. The molecule has 2 aromatic rings. The van der Waals surface area contributed by atoms with Gasteiger partial charge in [-0.3, -0.25) is 4.79 Å². The third-order valence-corrected chi connectivity index (χ3v) is 4.83. The molecule has 1 heterocycles. The fourth-order valence-corrected chi connectivity index (χ4v) is 3.74. The lowest BCUT2D eigenvalue weighted by molar-refractivity contribution is 0.102. The molecule has 21 heavy (non-hydrogen) atoms. The van der Waals surface area contributed by atoms with Gasteiger partial charge < -0.3 is 4.57 Å². The molecule has 0 bridgehead atoms. The number of carbonyl (C=O) groups is 1. The van der Waals surface area contributed by atoms with Crippen LogP contribution in [0.4, 0.5) is 0 Å². The van der Waals surface area contributed by atoms with Crippen molar-refractivity contribution in [2.24, 2.45) is 0 Å². The molecule has 0 aliphatic heterocycles. The minimum atomic E-state index is 0.0206. The van der Waals surface area contributed by atoms with Crippen LogP contribution in [0.2, 0.25) is 0 Å². The highest BCUT2D eigenvalue weighted by Crippen LogP contribution is 2.32. The molecule has 1 unspecified atom stereocenters. The highest BCUT2D eigenvalue weighted by atomic mass is 35.5. The van der Waals surface area contributed by atoms with Crippen LogP contribution in [0.3, 0.4) is 0 Å². The van der Waals surface area contributed by atoms with Gasteiger partial charge in [0.2, 0.25) is 0 Å². The fourth-order valence-electron chi connectivity index (χ4n) is 3.59. The lowest BCUT2D eigenvalue weighted by Crippen LogP contribution is -2.20. The SMILES string of the molecule is Cc1cc(C(=O)CCl)c(C)n1C1CCc2ccccc2C1. The molecule has 0 amide bonds. The molecular formula is C18H20ClNO. The zero-order chi connectivity index (χ0) is 15.0. The summed E-state index contributed by atoms with van der Waals surface area (Å²) in [5.74, 6) is 0.0739. The molecule has 0 radical (unpaired) electrons. The van der Waals surface area contributed by atoms with Gasteiger partial charge in [0.1, 0.15) is 0 Å². The second-order valence-corrected chi connectivity index (χ2v) is 6.14. The number of benzene rings is 1. The molecule has 0 saturated heterocycles. The number of aryl methyl sites for hydroxylation is 2. The highest BCUT2D eigenvalue weighted by molar-refractivity contribution is 6.30. The monoisotopic (exact) mass is 301 g/mol. The molecule has 0 saturated carbocycles. The van der Waals surface area contributed by atoms with Crippen molar-refractivity contribution in [1.82, 2.24) is 4.57 Å². The first-order valence-corrected chi connectivity index (χ1v) is 7.99. The second-order valence-electron chi connectivity index (χ2n) is 5.88. The number of rotatable bonds is 3. The van der Waals surface area contributed by atoms with E-state index in [1.54, 1.807) is 0 Å². The van der Waals surface area contributed by atoms with Crippen molar-refractivity contribution in [2.45, 2.75) is 39.2 Å². The first-order chi connectivity index (χ1) is 10.1. The number of aromatic nitrogens is 1. The van der Waals surface area contributed by atoms with Gasteiger partial charge in [-0.2, -0.15) is 0 Å². The highest BCUT2D eigenvalue weighted by Gasteiger charge is 2.24. The number of ketones is 1. The minimum absolute atomic E-state index is 0.0206. The van der Waals surface area contributed by atoms with Crippen LogP contribution in [0.15, 0.2) is 30.3 Å². The Kier molecular flexibility index (Phi) is 3.90. The van der Waals surface area contributed by atoms with E-state index < -0.39 is 0 Å². The number of hydrogen-bond donors (Lipinski definition) is 0. The van der Waals surface area contributed by atoms with Gasteiger partial charge in [-0.25, -0.2) is 0 Å². The summed E-state index contributed by atoms with van der Waals surface area (Å²) < 4.78 is 2.33. The molecule has 2 nitrogen and oxygen atoms in total. The Morgan fingerprint density at radius 1 is 1.29 bits per heavy atom. The Balaban J connectivity index is 1.96. The number of nitrogens with zero attached hydrogens (tertiary/aromatic N) is 1. The Morgan fingerprint density at radius 2 is 2.00 bits per heavy atom. The lowest BCUT2D eigenvalue weighted by Gasteiger charge is -2.28. The van der Waals surface area contributed by atoms with E-state index in [1.807, 2.05) is 13.0 Å². The van der Waals surface area contributed by atoms with Crippen LogP contribution in [-0.4, -0.2) is 16.2 Å². The predicted molar refractivity (Wildman–Crippen MR) is 86.5 cm³/mol. The zero-order valence-corrected chi connectivity index (χ0v) is 13.3. The van der Waals surface area contributed by atoms with Crippen molar-refractivity contribution in [3.63, 3.8) is 0 Å². The summed E-state index contributed by atoms with van der Waals surface area (Å²) in [4.78, 5) is 11.9. The summed E-state index contributed by atoms with van der Waals surface area (Å²) >= 11 is 5.71. The average Bonchev–Trinajstić information content (AvgIpc) is 2.81. The lowest BCUT2D eigenvalue weighted by atomic mass is 9.88. The van der Waals surface area contributed by atoms with Gasteiger partial charge in [-0.1, -0.05) is 24.3 Å². The summed E-state index contributed by atoms with van der Waals surface area (Å²) in [6.45, 7) is 4.12. The zero-order valence-electron chi connectivity index (χ0n) is 12.5. The molecule has 0 N–H and O–H groups in total. The molecule has 1 aliphatic rings. The van der Waals surface area contributed by atoms with Crippen LogP contribution in [0.1, 0.15) is 45.3 Å². The summed E-state index contributed by atoms with van der Waals surface area (Å²) in [6, 6.07) is 11.1. The summed E-state index contributed by atoms with van der Waals surface area (Å²) in [6.07, 6.45) is 3.28. The van der Waals surface area contributed by atoms with Crippen molar-refractivity contribution < 1.29 is 4.79 Å². The first-order valence-electron chi connectivity index (χ1n) is 7.46. The van der Waals surface area contributed by atoms with Crippen LogP contribution in [0, 0.1) is 13.8 Å². The summed E-state index contributed by atoms with van der Waals surface area (Å²) in [7, 11) is 0. The molecule has 1 aromatic heterocycles. The number of Topliss-reactive ketones (excluding diaryl/α,β-unsaturated/α-hetero) is 1. The van der Waals surface area contributed by atoms with Gasteiger partial charge in [0.05, 0.1) is 5.88 Å². The Morgan fingerprint density at radius 3 is 2.71 bits per heavy atom. The van der Waals surface area contributed by atoms with Crippen molar-refractivity contribution in [1.29, 1.82) is 0 Å². The Labute approximate surface area is 130 Å². The van der Waals surface area contributed by atoms with E-state index in [1.165, 1.54) is 11.1 Å². The van der Waals surface area contributed by atoms with E-state index in [0.29, 0.717) is 6.04 Å². The molecule has 3 heteroatoms. The van der Waals surface area contributed by atoms with E-state index in [-0.39, 0.29) is 11.7 Å². The molecule has 110 valence electrons. The third kappa shape index (κ3) is 2.53. The molecule has 1 atom stereocenters. The van der Waals surface area contributed by atoms with E-state index in [4.69, 9.17) is 11.6 Å². The number of alkyl halides is 1. The van der Waals surface area contributed by atoms with Gasteiger partial charge in [0.15, 0.2) is 5.78 Å². The second kappa shape index (κ2) is 5.69. The Bertz CT molecular complexity index is 687. The number of halogens is 1. The number of hydrogen-bond acceptors (Lipinski definition) is 1. The van der Waals surface area contributed by atoms with E-state index in [9.17, 15) is 4.79 Å². The van der Waals surface area contributed by atoms with Gasteiger partial charge in [0.25, 0.3) is 0 Å². The van der Waals surface area contributed by atoms with Crippen LogP contribution < -0.4 is 0 Å². The largest absolute Gasteiger partial charge is 0.345 e. The van der Waals surface area contributed by atoms with Crippen LogP contribution in [0.5, 0.6) is 0 Å². The van der Waals surface area contributed by atoms with Gasteiger partial charge in [0, 0.05) is 23.0 Å². The van der Waals surface area contributed by atoms with Crippen molar-refractivity contribution in [3.05, 3.63) is 58.4 Å². The maximum atomic E-state index is 11.9. The quantitative estimate of drug-likeness (QED) is 0.613. The summed E-state index contributed by atoms with van der Waals surface area (Å²) in [5.41, 5.74) is 5.90. The van der Waals surface area contributed by atoms with Gasteiger partial charge in [-0.15, -0.1) is 11.6 Å². The third-order valence-electron chi connectivity index (χ3n) is 4.59. The van der Waals surface area contributed by atoms with Gasteiger partial charge >= 0.3 is 0 Å². The first kappa shape index (κ1) is 14.4. The maximum absolute atomic E-state index is 11.9. The molecular weight excluding hydrogens is 282 g/mol. The smallest absolute Gasteiger partial charge is 0.179 e. The normalized spacial score (nSPS) is 17.6. The number of fused-ring (bicyclic) bond motifs is 1. The molecule has 3 rings (SSSR count). The predicted octanol–water partition coefficient (Wildman–Crippen LogP) is 4.26. The summed E-state index contributed by atoms with van der Waals surface area (Å²) in [5, 5.41) is 0. The van der Waals surface area contributed by atoms with E-state index in [2.05, 4.69) is 35.8 Å². The van der Waals surface area contributed by atoms with Crippen LogP contribution in [-0.2, 0) is 12.8 Å². The van der Waals surface area contributed by atoms with Gasteiger partial charge in [-0.05, 0) is 50.3 Å². The standard InChI is InChI=1S/C18H20ClNO/c1-12-9-17(18(21)11-19)13(2)20(12)16-8-7-14-5-3-4-6-15(14)10-16/h3-6,9,16H,7-8,10-11H2,1-2H3. The topological polar surface area (TPSA) is 22.0 Å². The van der Waals surface area contributed by atoms with Crippen LogP contribution in [0.25, 0.3) is 0 Å². The fraction of sp³-hybridized carbons (Fsp3) is 0.389. The Hall–Kier alpha value is -1.54. The minimum Gasteiger partial charge on any atom is -0.345 e. The van der Waals surface area contributed by atoms with Crippen LogP contribution >= 0.6 is 11.6 Å². The van der Waals surface area contributed by atoms with E-state index >= 15 is 0 Å². The van der Waals surface area contributed by atoms with Crippen molar-refractivity contribution in [3.8, 4) is 0 Å². The van der Waals surface area contributed by atoms with E-state index in [0.717, 1.165) is 36.2 Å². The van der Waals surface area contributed by atoms with Crippen molar-refractivity contribution in [2.75, 3.05) is 5.88 Å². The molecule has 1 aliphatic carbocycles.